The number of nitrogens with one attached hydrogen (secondary N) is 1. The first-order valence-electron chi connectivity index (χ1n) is 7.34. The summed E-state index contributed by atoms with van der Waals surface area (Å²) in [5.41, 5.74) is 5.70. The molecule has 108 valence electrons. The Bertz CT molecular complexity index is 657. The van der Waals surface area contributed by atoms with Crippen LogP contribution in [0.5, 0.6) is 11.5 Å². The van der Waals surface area contributed by atoms with Crippen LogP contribution >= 0.6 is 0 Å². The monoisotopic (exact) mass is 284 g/mol. The Morgan fingerprint density at radius 2 is 2.19 bits per heavy atom. The molecule has 0 spiro atoms. The zero-order chi connectivity index (χ0) is 14.2. The molecule has 5 heteroatoms. The van der Waals surface area contributed by atoms with Gasteiger partial charge in [-0.25, -0.2) is 0 Å². The summed E-state index contributed by atoms with van der Waals surface area (Å²) < 4.78 is 11.1. The van der Waals surface area contributed by atoms with E-state index in [2.05, 4.69) is 10.5 Å². The lowest BCUT2D eigenvalue weighted by molar-refractivity contribution is -0.138. The van der Waals surface area contributed by atoms with Crippen LogP contribution in [-0.4, -0.2) is 18.2 Å². The second-order valence-corrected chi connectivity index (χ2v) is 5.62. The molecule has 0 atom stereocenters. The van der Waals surface area contributed by atoms with Crippen LogP contribution in [0.25, 0.3) is 0 Å². The Morgan fingerprint density at radius 3 is 3.05 bits per heavy atom. The van der Waals surface area contributed by atoms with Crippen molar-refractivity contribution in [1.82, 2.24) is 5.43 Å². The lowest BCUT2D eigenvalue weighted by Crippen LogP contribution is -2.18. The number of hydrazone groups is 1. The van der Waals surface area contributed by atoms with Gasteiger partial charge in [-0.05, 0) is 31.0 Å². The first-order chi connectivity index (χ1) is 10.3. The Morgan fingerprint density at radius 1 is 1.33 bits per heavy atom. The summed E-state index contributed by atoms with van der Waals surface area (Å²) in [4.78, 5) is 12.1. The largest absolute Gasteiger partial charge is 0.464 e. The number of hydrogen-bond donors (Lipinski definition) is 1. The van der Waals surface area contributed by atoms with Gasteiger partial charge in [0.2, 0.25) is 0 Å². The van der Waals surface area contributed by atoms with Crippen molar-refractivity contribution < 1.29 is 14.3 Å². The summed E-state index contributed by atoms with van der Waals surface area (Å²) >= 11 is 0. The predicted molar refractivity (Wildman–Crippen MR) is 77.3 cm³/mol. The molecule has 2 aliphatic heterocycles. The summed E-state index contributed by atoms with van der Waals surface area (Å²) in [7, 11) is 0. The quantitative estimate of drug-likeness (QED) is 0.669. The fraction of sp³-hybridized carbons (Fsp3) is 0.375. The minimum Gasteiger partial charge on any atom is -0.464 e. The molecule has 1 fully saturated rings. The van der Waals surface area contributed by atoms with E-state index >= 15 is 0 Å². The molecule has 5 nitrogen and oxygen atoms in total. The number of ether oxygens (including phenoxy) is 2. The molecular weight excluding hydrogens is 268 g/mol. The van der Waals surface area contributed by atoms with Crippen LogP contribution in [0.3, 0.4) is 0 Å². The van der Waals surface area contributed by atoms with Crippen LogP contribution in [0.2, 0.25) is 0 Å². The van der Waals surface area contributed by atoms with Crippen LogP contribution in [-0.2, 0) is 4.79 Å². The Kier molecular flexibility index (Phi) is 2.91. The van der Waals surface area contributed by atoms with Crippen LogP contribution < -0.4 is 14.9 Å². The topological polar surface area (TPSA) is 59.9 Å². The second-order valence-electron chi connectivity index (χ2n) is 5.62. The number of hydrogen-bond acceptors (Lipinski definition) is 5. The summed E-state index contributed by atoms with van der Waals surface area (Å²) in [5, 5.41) is 4.27. The summed E-state index contributed by atoms with van der Waals surface area (Å²) in [6, 6.07) is 5.43. The van der Waals surface area contributed by atoms with E-state index in [0.29, 0.717) is 12.3 Å². The van der Waals surface area contributed by atoms with E-state index in [4.69, 9.17) is 9.47 Å². The molecule has 21 heavy (non-hydrogen) atoms. The maximum atomic E-state index is 12.1. The van der Waals surface area contributed by atoms with E-state index in [0.717, 1.165) is 48.3 Å². The second kappa shape index (κ2) is 4.91. The normalized spacial score (nSPS) is 19.8. The molecule has 0 saturated heterocycles. The van der Waals surface area contributed by atoms with Gasteiger partial charge in [0.05, 0.1) is 18.7 Å². The van der Waals surface area contributed by atoms with Gasteiger partial charge in [0.15, 0.2) is 0 Å². The smallest absolute Gasteiger partial charge is 0.314 e. The lowest BCUT2D eigenvalue weighted by atomic mass is 10.0. The highest BCUT2D eigenvalue weighted by molar-refractivity contribution is 6.16. The van der Waals surface area contributed by atoms with Crippen LogP contribution in [0.1, 0.15) is 31.2 Å². The van der Waals surface area contributed by atoms with Gasteiger partial charge in [0.1, 0.15) is 17.2 Å². The van der Waals surface area contributed by atoms with Gasteiger partial charge in [-0.15, -0.1) is 0 Å². The van der Waals surface area contributed by atoms with Crippen LogP contribution in [0, 0.1) is 5.92 Å². The van der Waals surface area contributed by atoms with Gasteiger partial charge in [0.25, 0.3) is 0 Å². The molecule has 4 rings (SSSR count). The third kappa shape index (κ3) is 2.18. The maximum absolute atomic E-state index is 12.1. The standard InChI is InChI=1S/C16H16N2O3/c19-16(10-3-1-2-4-10)21-12-5-6-14-13(7-12)15-11(9-20-14)8-17-18-15/h5-7,9-10,17H,1-4,8H2. The fourth-order valence-electron chi connectivity index (χ4n) is 3.05. The summed E-state index contributed by atoms with van der Waals surface area (Å²) in [6.45, 7) is 0.668. The van der Waals surface area contributed by atoms with Gasteiger partial charge in [-0.3, -0.25) is 4.79 Å². The lowest BCUT2D eigenvalue weighted by Gasteiger charge is -2.16. The van der Waals surface area contributed by atoms with Crippen molar-refractivity contribution in [2.24, 2.45) is 11.0 Å². The molecule has 0 radical (unpaired) electrons. The van der Waals surface area contributed by atoms with Crippen molar-refractivity contribution >= 4 is 11.7 Å². The van der Waals surface area contributed by atoms with E-state index < -0.39 is 0 Å². The third-order valence-corrected chi connectivity index (χ3v) is 4.21. The van der Waals surface area contributed by atoms with Gasteiger partial charge >= 0.3 is 5.97 Å². The highest BCUT2D eigenvalue weighted by atomic mass is 16.5. The van der Waals surface area contributed by atoms with Gasteiger partial charge in [-0.1, -0.05) is 12.8 Å². The maximum Gasteiger partial charge on any atom is 0.314 e. The summed E-state index contributed by atoms with van der Waals surface area (Å²) in [5.74, 6) is 1.23. The Hall–Kier alpha value is -2.30. The molecule has 0 aromatic heterocycles. The Labute approximate surface area is 122 Å². The summed E-state index contributed by atoms with van der Waals surface area (Å²) in [6.07, 6.45) is 5.83. The average molecular weight is 284 g/mol. The van der Waals surface area contributed by atoms with E-state index in [1.807, 2.05) is 12.1 Å². The number of esters is 1. The minimum absolute atomic E-state index is 0.0539. The molecule has 1 saturated carbocycles. The molecule has 1 aliphatic carbocycles. The van der Waals surface area contributed by atoms with E-state index in [1.54, 1.807) is 12.3 Å². The molecule has 3 aliphatic rings. The molecule has 1 aromatic carbocycles. The first-order valence-corrected chi connectivity index (χ1v) is 7.34. The molecule has 0 amide bonds. The van der Waals surface area contributed by atoms with E-state index in [1.165, 1.54) is 0 Å². The SMILES string of the molecule is O=C(Oc1ccc2c(c1)C1=NNCC1=CO2)C1CCCC1. The van der Waals surface area contributed by atoms with Crippen LogP contribution in [0.4, 0.5) is 0 Å². The van der Waals surface area contributed by atoms with Gasteiger partial charge < -0.3 is 14.9 Å². The van der Waals surface area contributed by atoms with Crippen molar-refractivity contribution in [3.05, 3.63) is 35.6 Å². The average Bonchev–Trinajstić information content (AvgIpc) is 3.18. The van der Waals surface area contributed by atoms with Crippen molar-refractivity contribution in [3.63, 3.8) is 0 Å². The highest BCUT2D eigenvalue weighted by Gasteiger charge is 2.27. The number of carbonyl (C=O) groups excluding carboxylic acids is 1. The van der Waals surface area contributed by atoms with Crippen molar-refractivity contribution in [2.75, 3.05) is 6.54 Å². The Balaban J connectivity index is 1.58. The van der Waals surface area contributed by atoms with Crippen LogP contribution in [0.15, 0.2) is 35.1 Å². The molecular formula is C16H16N2O3. The van der Waals surface area contributed by atoms with Crippen molar-refractivity contribution in [2.45, 2.75) is 25.7 Å². The molecule has 1 N–H and O–H groups in total. The van der Waals surface area contributed by atoms with E-state index in [-0.39, 0.29) is 11.9 Å². The fourth-order valence-corrected chi connectivity index (χ4v) is 3.05. The molecule has 1 aromatic rings. The zero-order valence-corrected chi connectivity index (χ0v) is 11.6. The molecule has 0 unspecified atom stereocenters. The minimum atomic E-state index is -0.119. The zero-order valence-electron chi connectivity index (χ0n) is 11.6. The van der Waals surface area contributed by atoms with Crippen molar-refractivity contribution in [1.29, 1.82) is 0 Å². The number of rotatable bonds is 2. The number of benzene rings is 1. The van der Waals surface area contributed by atoms with Gasteiger partial charge in [0, 0.05) is 11.1 Å². The van der Waals surface area contributed by atoms with E-state index in [9.17, 15) is 4.79 Å². The van der Waals surface area contributed by atoms with Gasteiger partial charge in [-0.2, -0.15) is 5.10 Å². The first kappa shape index (κ1) is 12.4. The third-order valence-electron chi connectivity index (χ3n) is 4.21. The number of carbonyl (C=O) groups is 1. The number of fused-ring (bicyclic) bond motifs is 3. The molecule has 2 heterocycles. The highest BCUT2D eigenvalue weighted by Crippen LogP contribution is 2.33. The predicted octanol–water partition coefficient (Wildman–Crippen LogP) is 2.37. The van der Waals surface area contributed by atoms with Crippen molar-refractivity contribution in [3.8, 4) is 11.5 Å². The molecule has 0 bridgehead atoms. The number of nitrogens with zero attached hydrogens (tertiary/aromatic N) is 1.